The van der Waals surface area contributed by atoms with Crippen LogP contribution in [-0.4, -0.2) is 21.7 Å². The van der Waals surface area contributed by atoms with Gasteiger partial charge in [0.15, 0.2) is 0 Å². The number of aromatic nitrogens is 1. The van der Waals surface area contributed by atoms with Crippen LogP contribution in [0.5, 0.6) is 0 Å². The molecule has 26 heavy (non-hydrogen) atoms. The summed E-state index contributed by atoms with van der Waals surface area (Å²) in [5, 5.41) is 2.29. The molecule has 0 saturated carbocycles. The van der Waals surface area contributed by atoms with Crippen molar-refractivity contribution >= 4 is 45.2 Å². The standard InChI is InChI=1S/C21H13ClN2O2/c22-13-6-7-14-17(10-13)23-16-9-8-15-19(18(14)16)21(26)24(20(15)25)11-12-4-2-1-3-5-12/h1-10,23H,11H2. The number of nitrogens with one attached hydrogen (secondary N) is 1. The number of amides is 2. The van der Waals surface area contributed by atoms with E-state index in [-0.39, 0.29) is 18.4 Å². The number of halogens is 1. The molecule has 0 unspecified atom stereocenters. The Morgan fingerprint density at radius 3 is 2.50 bits per heavy atom. The van der Waals surface area contributed by atoms with Crippen molar-refractivity contribution in [1.82, 2.24) is 9.88 Å². The van der Waals surface area contributed by atoms with Crippen molar-refractivity contribution in [2.24, 2.45) is 0 Å². The molecule has 0 aliphatic carbocycles. The smallest absolute Gasteiger partial charge is 0.262 e. The second-order valence-corrected chi connectivity index (χ2v) is 6.84. The van der Waals surface area contributed by atoms with Crippen molar-refractivity contribution in [2.75, 3.05) is 0 Å². The monoisotopic (exact) mass is 360 g/mol. The molecule has 3 aromatic carbocycles. The minimum Gasteiger partial charge on any atom is -0.354 e. The molecule has 1 aromatic heterocycles. The number of H-pyrrole nitrogens is 1. The van der Waals surface area contributed by atoms with Crippen molar-refractivity contribution < 1.29 is 9.59 Å². The van der Waals surface area contributed by atoms with E-state index in [1.165, 1.54) is 4.90 Å². The van der Waals surface area contributed by atoms with Crippen molar-refractivity contribution in [3.63, 3.8) is 0 Å². The van der Waals surface area contributed by atoms with Crippen LogP contribution in [-0.2, 0) is 6.54 Å². The Hall–Kier alpha value is -3.11. The molecule has 5 rings (SSSR count). The largest absolute Gasteiger partial charge is 0.354 e. The zero-order valence-corrected chi connectivity index (χ0v) is 14.4. The molecule has 1 aliphatic rings. The van der Waals surface area contributed by atoms with Crippen LogP contribution in [0.3, 0.4) is 0 Å². The highest BCUT2D eigenvalue weighted by Crippen LogP contribution is 2.36. The summed E-state index contributed by atoms with van der Waals surface area (Å²) in [5.41, 5.74) is 3.52. The van der Waals surface area contributed by atoms with Crippen molar-refractivity contribution in [1.29, 1.82) is 0 Å². The normalized spacial score (nSPS) is 13.8. The first-order valence-corrected chi connectivity index (χ1v) is 8.65. The van der Waals surface area contributed by atoms with Gasteiger partial charge in [-0.25, -0.2) is 0 Å². The van der Waals surface area contributed by atoms with E-state index in [0.717, 1.165) is 27.4 Å². The van der Waals surface area contributed by atoms with Gasteiger partial charge in [-0.3, -0.25) is 14.5 Å². The third-order valence-corrected chi connectivity index (χ3v) is 5.08. The number of carbonyl (C=O) groups excluding carboxylic acids is 2. The van der Waals surface area contributed by atoms with Crippen LogP contribution in [0.1, 0.15) is 26.3 Å². The van der Waals surface area contributed by atoms with Gasteiger partial charge < -0.3 is 4.98 Å². The lowest BCUT2D eigenvalue weighted by atomic mass is 10.0. The second kappa shape index (κ2) is 5.44. The maximum Gasteiger partial charge on any atom is 0.262 e. The summed E-state index contributed by atoms with van der Waals surface area (Å²) in [5.74, 6) is -0.505. The average molecular weight is 361 g/mol. The number of hydrogen-bond acceptors (Lipinski definition) is 2. The first kappa shape index (κ1) is 15.2. The van der Waals surface area contributed by atoms with Gasteiger partial charge in [-0.15, -0.1) is 0 Å². The molecule has 1 N–H and O–H groups in total. The SMILES string of the molecule is O=C1c2ccc3[nH]c4cc(Cl)ccc4c3c2C(=O)N1Cc1ccccc1. The third kappa shape index (κ3) is 2.09. The second-order valence-electron chi connectivity index (χ2n) is 6.41. The Morgan fingerprint density at radius 1 is 0.885 bits per heavy atom. The fourth-order valence-corrected chi connectivity index (χ4v) is 3.82. The highest BCUT2D eigenvalue weighted by atomic mass is 35.5. The summed E-state index contributed by atoms with van der Waals surface area (Å²) >= 11 is 6.08. The van der Waals surface area contributed by atoms with E-state index in [1.54, 1.807) is 12.1 Å². The van der Waals surface area contributed by atoms with Crippen molar-refractivity contribution in [2.45, 2.75) is 6.54 Å². The number of aromatic amines is 1. The highest BCUT2D eigenvalue weighted by molar-refractivity contribution is 6.33. The molecular formula is C21H13ClN2O2. The van der Waals surface area contributed by atoms with Gasteiger partial charge in [0.1, 0.15) is 0 Å². The summed E-state index contributed by atoms with van der Waals surface area (Å²) in [6.45, 7) is 0.267. The van der Waals surface area contributed by atoms with Gasteiger partial charge in [-0.05, 0) is 29.8 Å². The quantitative estimate of drug-likeness (QED) is 0.523. The Morgan fingerprint density at radius 2 is 1.69 bits per heavy atom. The topological polar surface area (TPSA) is 53.2 Å². The minimum absolute atomic E-state index is 0.251. The number of imide groups is 1. The number of fused-ring (bicyclic) bond motifs is 5. The number of benzene rings is 3. The minimum atomic E-state index is -0.254. The summed E-state index contributed by atoms with van der Waals surface area (Å²) in [4.78, 5) is 30.5. The summed E-state index contributed by atoms with van der Waals surface area (Å²) < 4.78 is 0. The van der Waals surface area contributed by atoms with Crippen LogP contribution in [0.2, 0.25) is 5.02 Å². The number of nitrogens with zero attached hydrogens (tertiary/aromatic N) is 1. The van der Waals surface area contributed by atoms with Gasteiger partial charge in [-0.2, -0.15) is 0 Å². The maximum absolute atomic E-state index is 13.1. The predicted molar refractivity (Wildman–Crippen MR) is 101 cm³/mol. The van der Waals surface area contributed by atoms with Gasteiger partial charge in [0, 0.05) is 26.8 Å². The zero-order chi connectivity index (χ0) is 17.8. The Bertz CT molecular complexity index is 1210. The lowest BCUT2D eigenvalue weighted by Gasteiger charge is -2.13. The van der Waals surface area contributed by atoms with Gasteiger partial charge in [0.2, 0.25) is 0 Å². The molecule has 0 saturated heterocycles. The molecular weight excluding hydrogens is 348 g/mol. The van der Waals surface area contributed by atoms with Crippen LogP contribution < -0.4 is 0 Å². The lowest BCUT2D eigenvalue weighted by Crippen LogP contribution is -2.29. The zero-order valence-electron chi connectivity index (χ0n) is 13.6. The molecule has 0 spiro atoms. The molecule has 0 fully saturated rings. The van der Waals surface area contributed by atoms with Crippen LogP contribution >= 0.6 is 11.6 Å². The highest BCUT2D eigenvalue weighted by Gasteiger charge is 2.37. The molecule has 2 amide bonds. The third-order valence-electron chi connectivity index (χ3n) is 4.84. The van der Waals surface area contributed by atoms with Crippen molar-refractivity contribution in [3.8, 4) is 0 Å². The molecule has 5 heteroatoms. The average Bonchev–Trinajstić information content (AvgIpc) is 3.12. The summed E-state index contributed by atoms with van der Waals surface area (Å²) in [6.07, 6.45) is 0. The van der Waals surface area contributed by atoms with E-state index in [9.17, 15) is 9.59 Å². The Kier molecular flexibility index (Phi) is 3.18. The van der Waals surface area contributed by atoms with Gasteiger partial charge in [0.05, 0.1) is 17.7 Å². The van der Waals surface area contributed by atoms with E-state index in [1.807, 2.05) is 48.5 Å². The molecule has 2 heterocycles. The summed E-state index contributed by atoms with van der Waals surface area (Å²) in [6, 6.07) is 18.6. The molecule has 126 valence electrons. The van der Waals surface area contributed by atoms with E-state index in [2.05, 4.69) is 4.98 Å². The molecule has 0 atom stereocenters. The first-order valence-electron chi connectivity index (χ1n) is 8.27. The van der Waals surface area contributed by atoms with E-state index in [4.69, 9.17) is 11.6 Å². The van der Waals surface area contributed by atoms with Crippen LogP contribution in [0.15, 0.2) is 60.7 Å². The van der Waals surface area contributed by atoms with Crippen LogP contribution in [0.25, 0.3) is 21.8 Å². The lowest BCUT2D eigenvalue weighted by molar-refractivity contribution is 0.0643. The van der Waals surface area contributed by atoms with Gasteiger partial charge in [-0.1, -0.05) is 48.0 Å². The predicted octanol–water partition coefficient (Wildman–Crippen LogP) is 4.77. The maximum atomic E-state index is 13.1. The van der Waals surface area contributed by atoms with Crippen LogP contribution in [0.4, 0.5) is 0 Å². The van der Waals surface area contributed by atoms with Crippen LogP contribution in [0, 0.1) is 0 Å². The number of rotatable bonds is 2. The van der Waals surface area contributed by atoms with Gasteiger partial charge in [0.25, 0.3) is 11.8 Å². The van der Waals surface area contributed by atoms with Crippen molar-refractivity contribution in [3.05, 3.63) is 82.4 Å². The Balaban J connectivity index is 1.70. The summed E-state index contributed by atoms with van der Waals surface area (Å²) in [7, 11) is 0. The molecule has 0 radical (unpaired) electrons. The van der Waals surface area contributed by atoms with E-state index in [0.29, 0.717) is 16.1 Å². The fourth-order valence-electron chi connectivity index (χ4n) is 3.65. The van der Waals surface area contributed by atoms with Gasteiger partial charge >= 0.3 is 0 Å². The molecule has 0 bridgehead atoms. The molecule has 1 aliphatic heterocycles. The number of hydrogen-bond donors (Lipinski definition) is 1. The number of carbonyl (C=O) groups is 2. The molecule has 4 nitrogen and oxygen atoms in total. The Labute approximate surface area is 154 Å². The molecule has 4 aromatic rings. The van der Waals surface area contributed by atoms with E-state index < -0.39 is 0 Å². The fraction of sp³-hybridized carbons (Fsp3) is 0.0476. The first-order chi connectivity index (χ1) is 12.6. The van der Waals surface area contributed by atoms with E-state index >= 15 is 0 Å².